The standard InChI is InChI=1S/C14H18Cl2N2O2/c1-17-13(10-4-2-3-5-10)14(19)20-8-9-6-11(15)18-12(16)7-9/h6-7,10,13,17H,2-5,8H2,1H3/t13-/m0/s1. The molecule has 0 spiro atoms. The number of carbonyl (C=O) groups excluding carboxylic acids is 1. The van der Waals surface area contributed by atoms with Gasteiger partial charge in [-0.2, -0.15) is 0 Å². The molecule has 0 aromatic carbocycles. The highest BCUT2D eigenvalue weighted by atomic mass is 35.5. The molecule has 0 radical (unpaired) electrons. The van der Waals surface area contributed by atoms with Crippen LogP contribution in [0.1, 0.15) is 31.2 Å². The summed E-state index contributed by atoms with van der Waals surface area (Å²) in [6, 6.07) is 3.06. The molecule has 2 rings (SSSR count). The molecule has 0 amide bonds. The first kappa shape index (κ1) is 15.5. The predicted octanol–water partition coefficient (Wildman–Crippen LogP) is 3.21. The lowest BCUT2D eigenvalue weighted by Crippen LogP contribution is -2.41. The number of nitrogens with one attached hydrogen (secondary N) is 1. The summed E-state index contributed by atoms with van der Waals surface area (Å²) in [6.45, 7) is 0.158. The van der Waals surface area contributed by atoms with E-state index in [1.165, 1.54) is 12.8 Å². The van der Waals surface area contributed by atoms with Crippen LogP contribution in [0.15, 0.2) is 12.1 Å². The van der Waals surface area contributed by atoms with E-state index in [4.69, 9.17) is 27.9 Å². The lowest BCUT2D eigenvalue weighted by molar-refractivity contribution is -0.148. The Bertz CT molecular complexity index is 456. The molecule has 0 bridgehead atoms. The van der Waals surface area contributed by atoms with Gasteiger partial charge in [-0.15, -0.1) is 0 Å². The van der Waals surface area contributed by atoms with E-state index < -0.39 is 0 Å². The largest absolute Gasteiger partial charge is 0.460 e. The van der Waals surface area contributed by atoms with Crippen molar-refractivity contribution >= 4 is 29.2 Å². The highest BCUT2D eigenvalue weighted by Gasteiger charge is 2.30. The minimum absolute atomic E-state index is 0.158. The van der Waals surface area contributed by atoms with Gasteiger partial charge in [0, 0.05) is 0 Å². The van der Waals surface area contributed by atoms with Gasteiger partial charge < -0.3 is 10.1 Å². The van der Waals surface area contributed by atoms with Gasteiger partial charge in [0.15, 0.2) is 0 Å². The first-order chi connectivity index (χ1) is 9.60. The molecular weight excluding hydrogens is 299 g/mol. The van der Waals surface area contributed by atoms with Gasteiger partial charge in [-0.3, -0.25) is 4.79 Å². The quantitative estimate of drug-likeness (QED) is 0.669. The number of carbonyl (C=O) groups is 1. The van der Waals surface area contributed by atoms with Gasteiger partial charge in [0.1, 0.15) is 23.0 Å². The molecule has 0 aliphatic heterocycles. The van der Waals surface area contributed by atoms with Crippen molar-refractivity contribution in [2.75, 3.05) is 7.05 Å². The second-order valence-corrected chi connectivity index (χ2v) is 5.81. The maximum absolute atomic E-state index is 12.1. The van der Waals surface area contributed by atoms with Crippen LogP contribution in [0.5, 0.6) is 0 Å². The van der Waals surface area contributed by atoms with Crippen molar-refractivity contribution in [1.29, 1.82) is 0 Å². The fourth-order valence-corrected chi connectivity index (χ4v) is 3.18. The van der Waals surface area contributed by atoms with E-state index >= 15 is 0 Å². The summed E-state index contributed by atoms with van der Waals surface area (Å²) in [5.74, 6) is 0.153. The number of ether oxygens (including phenoxy) is 1. The van der Waals surface area contributed by atoms with Gasteiger partial charge in [-0.1, -0.05) is 36.0 Å². The molecule has 1 fully saturated rings. The third-order valence-corrected chi connectivity index (χ3v) is 4.03. The van der Waals surface area contributed by atoms with Crippen LogP contribution < -0.4 is 5.32 Å². The first-order valence-corrected chi connectivity index (χ1v) is 7.51. The highest BCUT2D eigenvalue weighted by molar-refractivity contribution is 6.32. The predicted molar refractivity (Wildman–Crippen MR) is 78.9 cm³/mol. The van der Waals surface area contributed by atoms with E-state index in [2.05, 4.69) is 10.3 Å². The van der Waals surface area contributed by atoms with E-state index in [1.807, 2.05) is 0 Å². The molecule has 1 aromatic heterocycles. The van der Waals surface area contributed by atoms with Crippen LogP contribution in [0.2, 0.25) is 10.3 Å². The van der Waals surface area contributed by atoms with E-state index in [1.54, 1.807) is 19.2 Å². The number of pyridine rings is 1. The van der Waals surface area contributed by atoms with Crippen molar-refractivity contribution in [1.82, 2.24) is 10.3 Å². The number of hydrogen-bond donors (Lipinski definition) is 1. The Hall–Kier alpha value is -0.840. The zero-order valence-electron chi connectivity index (χ0n) is 11.4. The van der Waals surface area contributed by atoms with E-state index in [0.29, 0.717) is 16.2 Å². The summed E-state index contributed by atoms with van der Waals surface area (Å²) in [6.07, 6.45) is 4.53. The van der Waals surface area contributed by atoms with Crippen molar-refractivity contribution in [2.45, 2.75) is 38.3 Å². The molecular formula is C14H18Cl2N2O2. The zero-order valence-corrected chi connectivity index (χ0v) is 12.9. The summed E-state index contributed by atoms with van der Waals surface area (Å²) < 4.78 is 5.36. The van der Waals surface area contributed by atoms with Gasteiger partial charge in [0.2, 0.25) is 0 Å². The molecule has 20 heavy (non-hydrogen) atoms. The lowest BCUT2D eigenvalue weighted by atomic mass is 9.98. The van der Waals surface area contributed by atoms with E-state index in [9.17, 15) is 4.79 Å². The van der Waals surface area contributed by atoms with Gasteiger partial charge >= 0.3 is 5.97 Å². The summed E-state index contributed by atoms with van der Waals surface area (Å²) in [5.41, 5.74) is 0.740. The van der Waals surface area contributed by atoms with Crippen molar-refractivity contribution in [3.05, 3.63) is 28.0 Å². The van der Waals surface area contributed by atoms with Gasteiger partial charge in [0.05, 0.1) is 0 Å². The number of nitrogens with zero attached hydrogens (tertiary/aromatic N) is 1. The topological polar surface area (TPSA) is 51.2 Å². The first-order valence-electron chi connectivity index (χ1n) is 6.76. The smallest absolute Gasteiger partial charge is 0.323 e. The molecule has 1 aliphatic carbocycles. The molecule has 4 nitrogen and oxygen atoms in total. The summed E-state index contributed by atoms with van der Waals surface area (Å²) in [7, 11) is 1.80. The lowest BCUT2D eigenvalue weighted by Gasteiger charge is -2.21. The Kier molecular flexibility index (Phi) is 5.64. The SMILES string of the molecule is CN[C@H](C(=O)OCc1cc(Cl)nc(Cl)c1)C1CCCC1. The van der Waals surface area contributed by atoms with E-state index in [0.717, 1.165) is 18.4 Å². The normalized spacial score (nSPS) is 17.1. The average molecular weight is 317 g/mol. The minimum Gasteiger partial charge on any atom is -0.460 e. The van der Waals surface area contributed by atoms with Crippen LogP contribution in [0, 0.1) is 5.92 Å². The van der Waals surface area contributed by atoms with E-state index in [-0.39, 0.29) is 18.6 Å². The number of esters is 1. The second kappa shape index (κ2) is 7.25. The number of halogens is 2. The fourth-order valence-electron chi connectivity index (χ4n) is 2.68. The molecule has 1 saturated carbocycles. The Morgan fingerprint density at radius 3 is 2.55 bits per heavy atom. The number of rotatable bonds is 5. The maximum atomic E-state index is 12.1. The van der Waals surface area contributed by atoms with Crippen LogP contribution in [0.3, 0.4) is 0 Å². The second-order valence-electron chi connectivity index (χ2n) is 5.04. The summed E-state index contributed by atoms with van der Waals surface area (Å²) >= 11 is 11.6. The Morgan fingerprint density at radius 1 is 1.40 bits per heavy atom. The summed E-state index contributed by atoms with van der Waals surface area (Å²) in [5, 5.41) is 3.66. The van der Waals surface area contributed by atoms with Crippen LogP contribution >= 0.6 is 23.2 Å². The van der Waals surface area contributed by atoms with Crippen molar-refractivity contribution in [3.8, 4) is 0 Å². The average Bonchev–Trinajstić information content (AvgIpc) is 2.90. The third kappa shape index (κ3) is 4.08. The van der Waals surface area contributed by atoms with Crippen LogP contribution in [0.25, 0.3) is 0 Å². The molecule has 1 heterocycles. The van der Waals surface area contributed by atoms with Crippen molar-refractivity contribution < 1.29 is 9.53 Å². The number of likely N-dealkylation sites (N-methyl/N-ethyl adjacent to an activating group) is 1. The van der Waals surface area contributed by atoms with Crippen LogP contribution in [0.4, 0.5) is 0 Å². The van der Waals surface area contributed by atoms with Crippen molar-refractivity contribution in [2.24, 2.45) is 5.92 Å². The van der Waals surface area contributed by atoms with Crippen LogP contribution in [-0.4, -0.2) is 24.0 Å². The third-order valence-electron chi connectivity index (χ3n) is 3.64. The minimum atomic E-state index is -0.231. The van der Waals surface area contributed by atoms with Gasteiger partial charge in [-0.25, -0.2) is 4.98 Å². The Labute approximate surface area is 128 Å². The van der Waals surface area contributed by atoms with Crippen LogP contribution in [-0.2, 0) is 16.1 Å². The molecule has 1 N–H and O–H groups in total. The molecule has 1 atom stereocenters. The van der Waals surface area contributed by atoms with Gasteiger partial charge in [0.25, 0.3) is 0 Å². The van der Waals surface area contributed by atoms with Crippen molar-refractivity contribution in [3.63, 3.8) is 0 Å². The highest BCUT2D eigenvalue weighted by Crippen LogP contribution is 2.28. The molecule has 6 heteroatoms. The number of aromatic nitrogens is 1. The Balaban J connectivity index is 1.93. The number of hydrogen-bond acceptors (Lipinski definition) is 4. The summed E-state index contributed by atoms with van der Waals surface area (Å²) in [4.78, 5) is 16.0. The molecule has 110 valence electrons. The maximum Gasteiger partial charge on any atom is 0.323 e. The zero-order chi connectivity index (χ0) is 14.5. The van der Waals surface area contributed by atoms with Gasteiger partial charge in [-0.05, 0) is 43.5 Å². The monoisotopic (exact) mass is 316 g/mol. The molecule has 1 aromatic rings. The Morgan fingerprint density at radius 2 is 2.00 bits per heavy atom. The molecule has 0 unspecified atom stereocenters. The molecule has 1 aliphatic rings. The fraction of sp³-hybridized carbons (Fsp3) is 0.571. The molecule has 0 saturated heterocycles.